The second-order valence-corrected chi connectivity index (χ2v) is 7.87. The summed E-state index contributed by atoms with van der Waals surface area (Å²) >= 11 is 0. The maximum Gasteiger partial charge on any atom is 0.282 e. The minimum atomic E-state index is -0.379. The summed E-state index contributed by atoms with van der Waals surface area (Å²) in [7, 11) is 1.59. The molecule has 3 aromatic carbocycles. The molecule has 0 unspecified atom stereocenters. The zero-order valence-electron chi connectivity index (χ0n) is 18.7. The average Bonchev–Trinajstić information content (AvgIpc) is 3.05. The van der Waals surface area contributed by atoms with Crippen molar-refractivity contribution in [3.05, 3.63) is 94.7 Å². The predicted octanol–water partition coefficient (Wildman–Crippen LogP) is 5.27. The molecule has 32 heavy (non-hydrogen) atoms. The van der Waals surface area contributed by atoms with E-state index in [1.54, 1.807) is 13.2 Å². The molecule has 162 valence electrons. The van der Waals surface area contributed by atoms with Crippen LogP contribution in [0.15, 0.2) is 72.4 Å². The van der Waals surface area contributed by atoms with Crippen molar-refractivity contribution in [1.82, 2.24) is 0 Å². The number of hydrogen-bond donors (Lipinski definition) is 1. The van der Waals surface area contributed by atoms with Crippen molar-refractivity contribution in [3.63, 3.8) is 0 Å². The first kappa shape index (κ1) is 21.4. The number of methoxy groups -OCH3 is 1. The molecule has 5 heteroatoms. The minimum absolute atomic E-state index is 0.256. The Morgan fingerprint density at radius 2 is 1.62 bits per heavy atom. The van der Waals surface area contributed by atoms with Crippen LogP contribution in [0.2, 0.25) is 0 Å². The van der Waals surface area contributed by atoms with E-state index in [9.17, 15) is 9.59 Å². The van der Waals surface area contributed by atoms with Crippen LogP contribution in [-0.2, 0) is 16.0 Å². The smallest absolute Gasteiger partial charge is 0.282 e. The van der Waals surface area contributed by atoms with Crippen LogP contribution < -0.4 is 15.0 Å². The molecule has 0 fully saturated rings. The monoisotopic (exact) mass is 426 g/mol. The molecule has 0 radical (unpaired) electrons. The van der Waals surface area contributed by atoms with E-state index in [2.05, 4.69) is 12.2 Å². The van der Waals surface area contributed by atoms with Crippen molar-refractivity contribution in [2.45, 2.75) is 27.2 Å². The molecule has 2 amide bonds. The lowest BCUT2D eigenvalue weighted by molar-refractivity contribution is -0.120. The van der Waals surface area contributed by atoms with E-state index >= 15 is 0 Å². The first-order valence-electron chi connectivity index (χ1n) is 10.6. The SMILES string of the molecule is CCc1ccc(N2C(=O)C(Nc3cccc(OC)c3)=C(c3ccc(C)c(C)c3)C2=O)cc1. The Hall–Kier alpha value is -3.86. The van der Waals surface area contributed by atoms with Crippen LogP contribution in [-0.4, -0.2) is 18.9 Å². The van der Waals surface area contributed by atoms with E-state index in [4.69, 9.17) is 4.74 Å². The molecule has 5 nitrogen and oxygen atoms in total. The van der Waals surface area contributed by atoms with Gasteiger partial charge in [0.25, 0.3) is 11.8 Å². The number of amides is 2. The molecule has 0 saturated heterocycles. The second kappa shape index (κ2) is 8.71. The summed E-state index contributed by atoms with van der Waals surface area (Å²) in [4.78, 5) is 28.3. The van der Waals surface area contributed by atoms with Gasteiger partial charge in [0.1, 0.15) is 11.4 Å². The highest BCUT2D eigenvalue weighted by Crippen LogP contribution is 2.35. The van der Waals surface area contributed by atoms with E-state index < -0.39 is 0 Å². The van der Waals surface area contributed by atoms with Crippen molar-refractivity contribution in [3.8, 4) is 5.75 Å². The van der Waals surface area contributed by atoms with Gasteiger partial charge in [-0.2, -0.15) is 0 Å². The quantitative estimate of drug-likeness (QED) is 0.546. The summed E-state index contributed by atoms with van der Waals surface area (Å²) in [6.07, 6.45) is 0.886. The number of nitrogens with zero attached hydrogens (tertiary/aromatic N) is 1. The third-order valence-electron chi connectivity index (χ3n) is 5.82. The number of carbonyl (C=O) groups excluding carboxylic acids is 2. The molecule has 0 atom stereocenters. The maximum atomic E-state index is 13.6. The molecular formula is C27H26N2O3. The number of imide groups is 1. The summed E-state index contributed by atoms with van der Waals surface area (Å²) < 4.78 is 5.30. The Bertz CT molecular complexity index is 1230. The van der Waals surface area contributed by atoms with E-state index in [0.29, 0.717) is 28.3 Å². The largest absolute Gasteiger partial charge is 0.497 e. The van der Waals surface area contributed by atoms with Gasteiger partial charge in [0.05, 0.1) is 18.4 Å². The van der Waals surface area contributed by atoms with Crippen LogP contribution in [0.5, 0.6) is 5.75 Å². The highest BCUT2D eigenvalue weighted by Gasteiger charge is 2.40. The third kappa shape index (κ3) is 3.89. The summed E-state index contributed by atoms with van der Waals surface area (Å²) in [6, 6.07) is 20.6. The van der Waals surface area contributed by atoms with Crippen LogP contribution in [0.25, 0.3) is 5.57 Å². The Labute approximate surface area is 188 Å². The summed E-state index contributed by atoms with van der Waals surface area (Å²) in [5.41, 5.74) is 5.88. The summed E-state index contributed by atoms with van der Waals surface area (Å²) in [5.74, 6) is -0.0599. The molecule has 0 spiro atoms. The minimum Gasteiger partial charge on any atom is -0.497 e. The van der Waals surface area contributed by atoms with E-state index in [1.807, 2.05) is 74.5 Å². The fraction of sp³-hybridized carbons (Fsp3) is 0.185. The van der Waals surface area contributed by atoms with Gasteiger partial charge < -0.3 is 10.1 Å². The molecule has 3 aromatic rings. The van der Waals surface area contributed by atoms with Crippen molar-refractivity contribution < 1.29 is 14.3 Å². The number of rotatable bonds is 6. The van der Waals surface area contributed by atoms with Gasteiger partial charge in [0.15, 0.2) is 0 Å². The lowest BCUT2D eigenvalue weighted by Gasteiger charge is -2.16. The Morgan fingerprint density at radius 3 is 2.28 bits per heavy atom. The fourth-order valence-corrected chi connectivity index (χ4v) is 3.77. The number of nitrogens with one attached hydrogen (secondary N) is 1. The van der Waals surface area contributed by atoms with Crippen molar-refractivity contribution in [1.29, 1.82) is 0 Å². The van der Waals surface area contributed by atoms with Crippen molar-refractivity contribution in [2.75, 3.05) is 17.3 Å². The first-order valence-corrected chi connectivity index (χ1v) is 10.6. The zero-order chi connectivity index (χ0) is 22.8. The molecule has 0 saturated carbocycles. The van der Waals surface area contributed by atoms with Gasteiger partial charge in [-0.15, -0.1) is 0 Å². The van der Waals surface area contributed by atoms with Crippen LogP contribution in [0.3, 0.4) is 0 Å². The number of ether oxygens (including phenoxy) is 1. The van der Waals surface area contributed by atoms with Crippen molar-refractivity contribution in [2.24, 2.45) is 0 Å². The zero-order valence-corrected chi connectivity index (χ0v) is 18.7. The highest BCUT2D eigenvalue weighted by molar-refractivity contribution is 6.46. The van der Waals surface area contributed by atoms with Crippen LogP contribution in [0.1, 0.15) is 29.2 Å². The lowest BCUT2D eigenvalue weighted by atomic mass is 9.99. The van der Waals surface area contributed by atoms with E-state index in [-0.39, 0.29) is 17.5 Å². The van der Waals surface area contributed by atoms with Gasteiger partial charge in [-0.05, 0) is 66.8 Å². The fourth-order valence-electron chi connectivity index (χ4n) is 3.77. The van der Waals surface area contributed by atoms with Gasteiger partial charge in [0, 0.05) is 11.8 Å². The molecule has 1 aliphatic rings. The number of benzene rings is 3. The predicted molar refractivity (Wildman–Crippen MR) is 128 cm³/mol. The van der Waals surface area contributed by atoms with Gasteiger partial charge in [-0.1, -0.05) is 43.3 Å². The van der Waals surface area contributed by atoms with E-state index in [0.717, 1.165) is 23.1 Å². The molecule has 0 aromatic heterocycles. The number of hydrogen-bond acceptors (Lipinski definition) is 4. The Kier molecular flexibility index (Phi) is 5.82. The normalized spacial score (nSPS) is 13.7. The van der Waals surface area contributed by atoms with Crippen LogP contribution in [0.4, 0.5) is 11.4 Å². The highest BCUT2D eigenvalue weighted by atomic mass is 16.5. The molecule has 1 N–H and O–H groups in total. The number of aryl methyl sites for hydroxylation is 3. The third-order valence-corrected chi connectivity index (χ3v) is 5.82. The molecular weight excluding hydrogens is 400 g/mol. The van der Waals surface area contributed by atoms with Crippen LogP contribution in [0, 0.1) is 13.8 Å². The number of carbonyl (C=O) groups is 2. The van der Waals surface area contributed by atoms with Gasteiger partial charge in [-0.25, -0.2) is 4.90 Å². The Balaban J connectivity index is 1.81. The molecule has 0 bridgehead atoms. The summed E-state index contributed by atoms with van der Waals surface area (Å²) in [6.45, 7) is 6.08. The Morgan fingerprint density at radius 1 is 0.875 bits per heavy atom. The van der Waals surface area contributed by atoms with Gasteiger partial charge >= 0.3 is 0 Å². The maximum absolute atomic E-state index is 13.6. The van der Waals surface area contributed by atoms with Crippen LogP contribution >= 0.6 is 0 Å². The van der Waals surface area contributed by atoms with E-state index in [1.165, 1.54) is 4.90 Å². The lowest BCUT2D eigenvalue weighted by Crippen LogP contribution is -2.32. The standard InChI is InChI=1S/C27H26N2O3/c1-5-19-10-13-22(14-11-19)29-26(30)24(20-12-9-17(2)18(3)15-20)25(27(29)31)28-21-7-6-8-23(16-21)32-4/h6-16,28H,5H2,1-4H3. The number of anilines is 2. The van der Waals surface area contributed by atoms with Crippen molar-refractivity contribution >= 4 is 28.8 Å². The topological polar surface area (TPSA) is 58.6 Å². The second-order valence-electron chi connectivity index (χ2n) is 7.87. The average molecular weight is 427 g/mol. The molecule has 1 aliphatic heterocycles. The molecule has 4 rings (SSSR count). The summed E-state index contributed by atoms with van der Waals surface area (Å²) in [5, 5.41) is 3.19. The first-order chi connectivity index (χ1) is 15.4. The molecule has 1 heterocycles. The molecule has 0 aliphatic carbocycles. The van der Waals surface area contributed by atoms with Gasteiger partial charge in [0.2, 0.25) is 0 Å². The van der Waals surface area contributed by atoms with Gasteiger partial charge in [-0.3, -0.25) is 9.59 Å².